The van der Waals surface area contributed by atoms with E-state index in [1.54, 1.807) is 0 Å². The molecule has 2 heterocycles. The van der Waals surface area contributed by atoms with Gasteiger partial charge in [-0.1, -0.05) is 23.2 Å². The Morgan fingerprint density at radius 3 is 2.67 bits per heavy atom. The summed E-state index contributed by atoms with van der Waals surface area (Å²) < 4.78 is 10.7. The number of halogens is 2. The van der Waals surface area contributed by atoms with E-state index in [-0.39, 0.29) is 22.6 Å². The Kier molecular flexibility index (Phi) is 3.66. The highest BCUT2D eigenvalue weighted by Crippen LogP contribution is 2.34. The number of anilines is 1. The molecule has 1 saturated heterocycles. The van der Waals surface area contributed by atoms with Crippen LogP contribution in [0.2, 0.25) is 10.0 Å². The Morgan fingerprint density at radius 1 is 1.50 bits per heavy atom. The molecule has 0 unspecified atom stereocenters. The van der Waals surface area contributed by atoms with Crippen molar-refractivity contribution in [1.29, 1.82) is 0 Å². The first kappa shape index (κ1) is 13.4. The summed E-state index contributed by atoms with van der Waals surface area (Å²) in [5, 5.41) is 3.07. The Hall–Kier alpha value is -1.04. The monoisotopic (exact) mass is 290 g/mol. The van der Waals surface area contributed by atoms with Crippen LogP contribution in [0.1, 0.15) is 13.8 Å². The van der Waals surface area contributed by atoms with Crippen molar-refractivity contribution < 1.29 is 14.3 Å². The normalized spacial score (nSPS) is 16.9. The van der Waals surface area contributed by atoms with E-state index in [2.05, 4.69) is 10.3 Å². The third-order valence-electron chi connectivity index (χ3n) is 2.35. The minimum Gasteiger partial charge on any atom is -0.465 e. The number of aromatic nitrogens is 1. The highest BCUT2D eigenvalue weighted by molar-refractivity contribution is 6.37. The van der Waals surface area contributed by atoms with Gasteiger partial charge in [0.15, 0.2) is 11.4 Å². The highest BCUT2D eigenvalue weighted by Gasteiger charge is 2.37. The second-order valence-corrected chi connectivity index (χ2v) is 5.15. The van der Waals surface area contributed by atoms with Crippen LogP contribution in [0.3, 0.4) is 0 Å². The van der Waals surface area contributed by atoms with Crippen molar-refractivity contribution in [3.63, 3.8) is 0 Å². The standard InChI is InChI=1S/C11H12Cl2N2O3/c1-6(16)14-9-7(12)3-8(13)10(15-9)18-11(2)4-17-5-11/h3H,4-5H2,1-2H3,(H,14,15,16). The van der Waals surface area contributed by atoms with Crippen molar-refractivity contribution in [2.24, 2.45) is 0 Å². The molecule has 0 saturated carbocycles. The fourth-order valence-electron chi connectivity index (χ4n) is 1.46. The molecule has 1 aromatic heterocycles. The van der Waals surface area contributed by atoms with E-state index in [0.717, 1.165) is 0 Å². The molecular formula is C11H12Cl2N2O3. The van der Waals surface area contributed by atoms with Crippen molar-refractivity contribution in [3.8, 4) is 5.88 Å². The Bertz CT molecular complexity index is 489. The highest BCUT2D eigenvalue weighted by atomic mass is 35.5. The molecule has 0 bridgehead atoms. The van der Waals surface area contributed by atoms with Gasteiger partial charge in [-0.3, -0.25) is 4.79 Å². The van der Waals surface area contributed by atoms with Gasteiger partial charge in [0.25, 0.3) is 0 Å². The lowest BCUT2D eigenvalue weighted by Crippen LogP contribution is -2.51. The number of pyridine rings is 1. The zero-order valence-electron chi connectivity index (χ0n) is 9.92. The summed E-state index contributed by atoms with van der Waals surface area (Å²) >= 11 is 11.9. The van der Waals surface area contributed by atoms with Crippen LogP contribution < -0.4 is 10.1 Å². The minimum absolute atomic E-state index is 0.229. The van der Waals surface area contributed by atoms with Crippen molar-refractivity contribution in [2.45, 2.75) is 19.4 Å². The summed E-state index contributed by atoms with van der Waals surface area (Å²) in [6.45, 7) is 4.21. The van der Waals surface area contributed by atoms with Gasteiger partial charge in [0.05, 0.1) is 18.2 Å². The molecule has 0 radical (unpaired) electrons. The fraction of sp³-hybridized carbons (Fsp3) is 0.455. The Balaban J connectivity index is 2.26. The van der Waals surface area contributed by atoms with Gasteiger partial charge in [-0.15, -0.1) is 0 Å². The van der Waals surface area contributed by atoms with E-state index in [4.69, 9.17) is 32.7 Å². The molecule has 1 aromatic rings. The quantitative estimate of drug-likeness (QED) is 0.929. The van der Waals surface area contributed by atoms with Gasteiger partial charge >= 0.3 is 0 Å². The number of rotatable bonds is 3. The van der Waals surface area contributed by atoms with E-state index in [0.29, 0.717) is 18.2 Å². The van der Waals surface area contributed by atoms with Crippen LogP contribution in [0, 0.1) is 0 Å². The molecule has 0 atom stereocenters. The van der Waals surface area contributed by atoms with Crippen molar-refractivity contribution >= 4 is 34.9 Å². The molecule has 18 heavy (non-hydrogen) atoms. The van der Waals surface area contributed by atoms with Crippen molar-refractivity contribution in [1.82, 2.24) is 4.98 Å². The minimum atomic E-state index is -0.433. The molecular weight excluding hydrogens is 279 g/mol. The lowest BCUT2D eigenvalue weighted by Gasteiger charge is -2.37. The summed E-state index contributed by atoms with van der Waals surface area (Å²) in [5.41, 5.74) is -0.433. The van der Waals surface area contributed by atoms with Crippen LogP contribution in [-0.4, -0.2) is 29.7 Å². The smallest absolute Gasteiger partial charge is 0.235 e. The molecule has 0 aromatic carbocycles. The average Bonchev–Trinajstić information content (AvgIpc) is 2.22. The summed E-state index contributed by atoms with van der Waals surface area (Å²) in [5.74, 6) is 0.193. The van der Waals surface area contributed by atoms with Gasteiger partial charge in [-0.2, -0.15) is 4.98 Å². The molecule has 98 valence electrons. The zero-order valence-corrected chi connectivity index (χ0v) is 11.4. The fourth-order valence-corrected chi connectivity index (χ4v) is 1.90. The molecule has 1 fully saturated rings. The van der Waals surface area contributed by atoms with Crippen LogP contribution in [0.15, 0.2) is 6.07 Å². The Labute approximate surface area is 114 Å². The second-order valence-electron chi connectivity index (χ2n) is 4.33. The van der Waals surface area contributed by atoms with Crippen LogP contribution in [-0.2, 0) is 9.53 Å². The zero-order chi connectivity index (χ0) is 13.3. The average molecular weight is 291 g/mol. The number of carbonyl (C=O) groups excluding carboxylic acids is 1. The van der Waals surface area contributed by atoms with E-state index >= 15 is 0 Å². The van der Waals surface area contributed by atoms with E-state index in [1.165, 1.54) is 13.0 Å². The number of hydrogen-bond donors (Lipinski definition) is 1. The molecule has 0 aliphatic carbocycles. The van der Waals surface area contributed by atoms with Crippen molar-refractivity contribution in [2.75, 3.05) is 18.5 Å². The number of hydrogen-bond acceptors (Lipinski definition) is 4. The van der Waals surface area contributed by atoms with Crippen LogP contribution in [0.4, 0.5) is 5.82 Å². The third-order valence-corrected chi connectivity index (χ3v) is 2.91. The van der Waals surface area contributed by atoms with E-state index in [1.807, 2.05) is 6.92 Å². The lowest BCUT2D eigenvalue weighted by molar-refractivity contribution is -0.151. The topological polar surface area (TPSA) is 60.5 Å². The number of nitrogens with one attached hydrogen (secondary N) is 1. The van der Waals surface area contributed by atoms with Crippen LogP contribution >= 0.6 is 23.2 Å². The lowest BCUT2D eigenvalue weighted by atomic mass is 10.1. The van der Waals surface area contributed by atoms with Gasteiger partial charge in [0.1, 0.15) is 5.02 Å². The van der Waals surface area contributed by atoms with E-state index in [9.17, 15) is 4.79 Å². The molecule has 1 aliphatic heterocycles. The van der Waals surface area contributed by atoms with Gasteiger partial charge in [-0.05, 0) is 13.0 Å². The first-order valence-corrected chi connectivity index (χ1v) is 6.06. The predicted molar refractivity (Wildman–Crippen MR) is 68.4 cm³/mol. The van der Waals surface area contributed by atoms with Gasteiger partial charge in [-0.25, -0.2) is 0 Å². The maximum Gasteiger partial charge on any atom is 0.235 e. The molecule has 7 heteroatoms. The number of carbonyl (C=O) groups is 1. The van der Waals surface area contributed by atoms with Crippen LogP contribution in [0.5, 0.6) is 5.88 Å². The summed E-state index contributed by atoms with van der Waals surface area (Å²) in [7, 11) is 0. The molecule has 5 nitrogen and oxygen atoms in total. The SMILES string of the molecule is CC(=O)Nc1nc(OC2(C)COC2)c(Cl)cc1Cl. The van der Waals surface area contributed by atoms with Crippen molar-refractivity contribution in [3.05, 3.63) is 16.1 Å². The van der Waals surface area contributed by atoms with Gasteiger partial charge < -0.3 is 14.8 Å². The first-order valence-electron chi connectivity index (χ1n) is 5.30. The summed E-state index contributed by atoms with van der Waals surface area (Å²) in [4.78, 5) is 15.1. The largest absolute Gasteiger partial charge is 0.465 e. The molecule has 0 spiro atoms. The maximum absolute atomic E-state index is 11.0. The van der Waals surface area contributed by atoms with Gasteiger partial charge in [0.2, 0.25) is 11.8 Å². The number of amides is 1. The molecule has 1 aliphatic rings. The molecule has 1 amide bonds. The summed E-state index contributed by atoms with van der Waals surface area (Å²) in [6.07, 6.45) is 0. The second kappa shape index (κ2) is 4.91. The molecule has 1 N–H and O–H groups in total. The first-order chi connectivity index (χ1) is 8.39. The van der Waals surface area contributed by atoms with Crippen LogP contribution in [0.25, 0.3) is 0 Å². The predicted octanol–water partition coefficient (Wildman–Crippen LogP) is 2.51. The van der Waals surface area contributed by atoms with E-state index < -0.39 is 5.60 Å². The maximum atomic E-state index is 11.0. The Morgan fingerprint density at radius 2 is 2.17 bits per heavy atom. The number of ether oxygens (including phenoxy) is 2. The third kappa shape index (κ3) is 2.85. The van der Waals surface area contributed by atoms with Gasteiger partial charge in [0, 0.05) is 6.92 Å². The number of nitrogens with zero attached hydrogens (tertiary/aromatic N) is 1. The summed E-state index contributed by atoms with van der Waals surface area (Å²) in [6, 6.07) is 1.49. The molecule has 2 rings (SSSR count).